The molecule has 14 heavy (non-hydrogen) atoms. The fraction of sp³-hybridized carbons (Fsp3) is 1.00. The quantitative estimate of drug-likeness (QED) is 0.564. The average Bonchev–Trinajstić information content (AvgIpc) is 2.03. The predicted molar refractivity (Wildman–Crippen MR) is 66.4 cm³/mol. The molecule has 0 aromatic heterocycles. The highest BCUT2D eigenvalue weighted by molar-refractivity contribution is 4.66. The lowest BCUT2D eigenvalue weighted by Crippen LogP contribution is -2.14. The number of hydrogen-bond acceptors (Lipinski definition) is 0. The monoisotopic (exact) mass is 198 g/mol. The number of rotatable bonds is 6. The van der Waals surface area contributed by atoms with E-state index in [1.54, 1.807) is 0 Å². The molecule has 0 saturated carbocycles. The molecular formula is C14H30. The molecule has 0 radical (unpaired) electrons. The summed E-state index contributed by atoms with van der Waals surface area (Å²) >= 11 is 0. The van der Waals surface area contributed by atoms with Crippen molar-refractivity contribution < 1.29 is 0 Å². The van der Waals surface area contributed by atoms with Crippen molar-refractivity contribution in [1.29, 1.82) is 0 Å². The summed E-state index contributed by atoms with van der Waals surface area (Å²) in [5.74, 6) is 4.33. The van der Waals surface area contributed by atoms with Gasteiger partial charge in [-0.2, -0.15) is 0 Å². The summed E-state index contributed by atoms with van der Waals surface area (Å²) < 4.78 is 0. The van der Waals surface area contributed by atoms with E-state index in [1.807, 2.05) is 0 Å². The molecule has 86 valence electrons. The molecule has 0 saturated heterocycles. The lowest BCUT2D eigenvalue weighted by atomic mass is 9.82. The molecule has 0 amide bonds. The summed E-state index contributed by atoms with van der Waals surface area (Å²) in [5, 5.41) is 0. The largest absolute Gasteiger partial charge is 0.0625 e. The van der Waals surface area contributed by atoms with Gasteiger partial charge in [0.15, 0.2) is 0 Å². The van der Waals surface area contributed by atoms with Crippen molar-refractivity contribution >= 4 is 0 Å². The highest BCUT2D eigenvalue weighted by Crippen LogP contribution is 2.26. The highest BCUT2D eigenvalue weighted by atomic mass is 14.2. The molecule has 0 unspecified atom stereocenters. The van der Waals surface area contributed by atoms with Crippen LogP contribution in [-0.2, 0) is 0 Å². The minimum Gasteiger partial charge on any atom is -0.0625 e. The zero-order chi connectivity index (χ0) is 11.3. The normalized spacial score (nSPS) is 16.7. The lowest BCUT2D eigenvalue weighted by Gasteiger charge is -2.24. The van der Waals surface area contributed by atoms with Gasteiger partial charge in [0.2, 0.25) is 0 Å². The van der Waals surface area contributed by atoms with Crippen molar-refractivity contribution in [3.63, 3.8) is 0 Å². The van der Waals surface area contributed by atoms with Gasteiger partial charge in [0.05, 0.1) is 0 Å². The second-order valence-corrected chi connectivity index (χ2v) is 6.02. The van der Waals surface area contributed by atoms with Gasteiger partial charge in [-0.15, -0.1) is 0 Å². The molecule has 0 bridgehead atoms. The van der Waals surface area contributed by atoms with Crippen LogP contribution in [0.25, 0.3) is 0 Å². The Morgan fingerprint density at radius 1 is 0.571 bits per heavy atom. The zero-order valence-corrected chi connectivity index (χ0v) is 11.3. The van der Waals surface area contributed by atoms with E-state index in [0.717, 1.165) is 29.6 Å². The van der Waals surface area contributed by atoms with E-state index < -0.39 is 0 Å². The molecule has 0 spiro atoms. The minimum atomic E-state index is 0.840. The van der Waals surface area contributed by atoms with Crippen LogP contribution in [0.15, 0.2) is 0 Å². The Morgan fingerprint density at radius 2 is 0.857 bits per heavy atom. The van der Waals surface area contributed by atoms with E-state index in [0.29, 0.717) is 0 Å². The fourth-order valence-corrected chi connectivity index (χ4v) is 1.91. The SMILES string of the molecule is CC(C[C@H](C)C(C)C)C[C@H](C)C(C)C. The molecule has 0 heterocycles. The molecule has 0 heteroatoms. The van der Waals surface area contributed by atoms with Crippen LogP contribution >= 0.6 is 0 Å². The van der Waals surface area contributed by atoms with E-state index >= 15 is 0 Å². The predicted octanol–water partition coefficient (Wildman–Crippen LogP) is 4.99. The molecule has 0 aromatic carbocycles. The van der Waals surface area contributed by atoms with Crippen LogP contribution in [0.5, 0.6) is 0 Å². The van der Waals surface area contributed by atoms with E-state index in [9.17, 15) is 0 Å². The first kappa shape index (κ1) is 14.0. The van der Waals surface area contributed by atoms with Gasteiger partial charge >= 0.3 is 0 Å². The Bertz CT molecular complexity index is 119. The molecule has 0 aliphatic rings. The van der Waals surface area contributed by atoms with Crippen molar-refractivity contribution in [3.05, 3.63) is 0 Å². The molecule has 2 atom stereocenters. The lowest BCUT2D eigenvalue weighted by molar-refractivity contribution is 0.268. The Kier molecular flexibility index (Phi) is 6.48. The maximum atomic E-state index is 2.41. The highest BCUT2D eigenvalue weighted by Gasteiger charge is 2.16. The summed E-state index contributed by atoms with van der Waals surface area (Å²) in [7, 11) is 0. The minimum absolute atomic E-state index is 0.840. The molecular weight excluding hydrogens is 168 g/mol. The summed E-state index contributed by atoms with van der Waals surface area (Å²) in [6, 6.07) is 0. The van der Waals surface area contributed by atoms with Gasteiger partial charge in [0, 0.05) is 0 Å². The Morgan fingerprint density at radius 3 is 1.07 bits per heavy atom. The van der Waals surface area contributed by atoms with E-state index in [2.05, 4.69) is 48.5 Å². The first-order valence-electron chi connectivity index (χ1n) is 6.34. The van der Waals surface area contributed by atoms with Gasteiger partial charge < -0.3 is 0 Å². The first-order valence-corrected chi connectivity index (χ1v) is 6.34. The van der Waals surface area contributed by atoms with Gasteiger partial charge in [0.25, 0.3) is 0 Å². The standard InChI is InChI=1S/C14H30/c1-10(2)13(6)8-12(5)9-14(7)11(3)4/h10-14H,8-9H2,1-7H3/t13-,14-/m0/s1. The third-order valence-electron chi connectivity index (χ3n) is 3.82. The maximum absolute atomic E-state index is 2.41. The smallest absolute Gasteiger partial charge is 0.0417 e. The average molecular weight is 198 g/mol. The van der Waals surface area contributed by atoms with Crippen LogP contribution in [0.4, 0.5) is 0 Å². The van der Waals surface area contributed by atoms with E-state index in [-0.39, 0.29) is 0 Å². The van der Waals surface area contributed by atoms with Crippen LogP contribution in [0.2, 0.25) is 0 Å². The van der Waals surface area contributed by atoms with Gasteiger partial charge in [-0.05, 0) is 42.4 Å². The molecule has 0 aliphatic heterocycles. The van der Waals surface area contributed by atoms with Crippen LogP contribution in [0.1, 0.15) is 61.3 Å². The first-order chi connectivity index (χ1) is 6.34. The zero-order valence-electron chi connectivity index (χ0n) is 11.3. The van der Waals surface area contributed by atoms with Crippen LogP contribution in [-0.4, -0.2) is 0 Å². The third kappa shape index (κ3) is 5.67. The Balaban J connectivity index is 3.80. The van der Waals surface area contributed by atoms with E-state index in [4.69, 9.17) is 0 Å². The van der Waals surface area contributed by atoms with Crippen molar-refractivity contribution in [1.82, 2.24) is 0 Å². The van der Waals surface area contributed by atoms with Crippen LogP contribution in [0.3, 0.4) is 0 Å². The molecule has 0 aromatic rings. The van der Waals surface area contributed by atoms with Gasteiger partial charge in [-0.3, -0.25) is 0 Å². The molecule has 0 nitrogen and oxygen atoms in total. The fourth-order valence-electron chi connectivity index (χ4n) is 1.91. The van der Waals surface area contributed by atoms with Crippen LogP contribution < -0.4 is 0 Å². The summed E-state index contributed by atoms with van der Waals surface area (Å²) in [5.41, 5.74) is 0. The summed E-state index contributed by atoms with van der Waals surface area (Å²) in [6.07, 6.45) is 2.80. The topological polar surface area (TPSA) is 0 Å². The van der Waals surface area contributed by atoms with Crippen molar-refractivity contribution in [3.8, 4) is 0 Å². The molecule has 0 rings (SSSR count). The van der Waals surface area contributed by atoms with E-state index in [1.165, 1.54) is 12.8 Å². The molecule has 0 N–H and O–H groups in total. The second-order valence-electron chi connectivity index (χ2n) is 6.02. The third-order valence-corrected chi connectivity index (χ3v) is 3.82. The van der Waals surface area contributed by atoms with Gasteiger partial charge in [-0.25, -0.2) is 0 Å². The Labute approximate surface area is 91.5 Å². The van der Waals surface area contributed by atoms with Gasteiger partial charge in [-0.1, -0.05) is 48.5 Å². The van der Waals surface area contributed by atoms with Gasteiger partial charge in [0.1, 0.15) is 0 Å². The number of hydrogen-bond donors (Lipinski definition) is 0. The van der Waals surface area contributed by atoms with Crippen molar-refractivity contribution in [2.45, 2.75) is 61.3 Å². The Hall–Kier alpha value is 0. The molecule has 0 fully saturated rings. The van der Waals surface area contributed by atoms with Crippen molar-refractivity contribution in [2.75, 3.05) is 0 Å². The molecule has 0 aliphatic carbocycles. The van der Waals surface area contributed by atoms with Crippen LogP contribution in [0, 0.1) is 29.6 Å². The summed E-state index contributed by atoms with van der Waals surface area (Å²) in [6.45, 7) is 16.5. The van der Waals surface area contributed by atoms with Crippen molar-refractivity contribution in [2.24, 2.45) is 29.6 Å². The summed E-state index contributed by atoms with van der Waals surface area (Å²) in [4.78, 5) is 0. The second kappa shape index (κ2) is 6.48. The maximum Gasteiger partial charge on any atom is -0.0417 e.